The molecule has 0 fully saturated rings. The first-order valence-electron chi connectivity index (χ1n) is 9.04. The van der Waals surface area contributed by atoms with E-state index in [1.807, 2.05) is 36.4 Å². The Morgan fingerprint density at radius 3 is 2.88 bits per heavy atom. The molecule has 1 aliphatic heterocycles. The van der Waals surface area contributed by atoms with Gasteiger partial charge in [0.2, 0.25) is 0 Å². The van der Waals surface area contributed by atoms with Crippen LogP contribution in [0.3, 0.4) is 0 Å². The first kappa shape index (κ1) is 16.5. The maximum absolute atomic E-state index is 12.8. The third-order valence-corrected chi connectivity index (χ3v) is 4.85. The SMILES string of the molecule is C=C[C@H]1NC(=O)c2[nH]c3ccc(OCCCC)cc3c2-c2ccccc21. The first-order chi connectivity index (χ1) is 12.7. The number of unbranched alkanes of at least 4 members (excludes halogenated alkanes) is 1. The normalized spacial score (nSPS) is 15.7. The zero-order valence-corrected chi connectivity index (χ0v) is 14.8. The van der Waals surface area contributed by atoms with E-state index < -0.39 is 0 Å². The molecule has 1 amide bonds. The van der Waals surface area contributed by atoms with Gasteiger partial charge in [0.25, 0.3) is 5.91 Å². The van der Waals surface area contributed by atoms with Gasteiger partial charge in [-0.05, 0) is 35.7 Å². The van der Waals surface area contributed by atoms with E-state index in [2.05, 4.69) is 29.9 Å². The Hall–Kier alpha value is -3.01. The Morgan fingerprint density at radius 1 is 1.23 bits per heavy atom. The molecule has 1 aliphatic rings. The fourth-order valence-corrected chi connectivity index (χ4v) is 3.52. The van der Waals surface area contributed by atoms with Crippen LogP contribution in [0.15, 0.2) is 55.1 Å². The molecule has 2 N–H and O–H groups in total. The third-order valence-electron chi connectivity index (χ3n) is 4.85. The predicted molar refractivity (Wildman–Crippen MR) is 105 cm³/mol. The van der Waals surface area contributed by atoms with Gasteiger partial charge in [0.05, 0.1) is 12.6 Å². The number of aromatic nitrogens is 1. The molecule has 0 aliphatic carbocycles. The molecular formula is C22H22N2O2. The van der Waals surface area contributed by atoms with Gasteiger partial charge in [-0.1, -0.05) is 43.7 Å². The smallest absolute Gasteiger partial charge is 0.269 e. The molecule has 0 spiro atoms. The summed E-state index contributed by atoms with van der Waals surface area (Å²) in [5, 5.41) is 4.04. The quantitative estimate of drug-likeness (QED) is 0.505. The minimum Gasteiger partial charge on any atom is -0.494 e. The number of H-pyrrole nitrogens is 1. The number of aromatic amines is 1. The van der Waals surface area contributed by atoms with Gasteiger partial charge in [0.15, 0.2) is 0 Å². The van der Waals surface area contributed by atoms with Crippen LogP contribution in [0.1, 0.15) is 41.9 Å². The van der Waals surface area contributed by atoms with Crippen LogP contribution in [0.4, 0.5) is 0 Å². The zero-order valence-electron chi connectivity index (χ0n) is 14.8. The molecule has 4 heteroatoms. The molecule has 26 heavy (non-hydrogen) atoms. The van der Waals surface area contributed by atoms with Gasteiger partial charge in [-0.2, -0.15) is 0 Å². The second-order valence-electron chi connectivity index (χ2n) is 6.56. The second-order valence-corrected chi connectivity index (χ2v) is 6.56. The molecule has 0 radical (unpaired) electrons. The third kappa shape index (κ3) is 2.68. The van der Waals surface area contributed by atoms with Crippen LogP contribution < -0.4 is 10.1 Å². The van der Waals surface area contributed by atoms with Gasteiger partial charge in [-0.15, -0.1) is 6.58 Å². The van der Waals surface area contributed by atoms with E-state index in [1.54, 1.807) is 6.08 Å². The van der Waals surface area contributed by atoms with Gasteiger partial charge in [0.1, 0.15) is 11.4 Å². The number of nitrogens with one attached hydrogen (secondary N) is 2. The zero-order chi connectivity index (χ0) is 18.1. The number of hydrogen-bond donors (Lipinski definition) is 2. The number of benzene rings is 2. The highest BCUT2D eigenvalue weighted by Crippen LogP contribution is 2.40. The van der Waals surface area contributed by atoms with Crippen LogP contribution in [0, 0.1) is 0 Å². The van der Waals surface area contributed by atoms with Crippen LogP contribution in [-0.4, -0.2) is 17.5 Å². The number of carbonyl (C=O) groups excluding carboxylic acids is 1. The van der Waals surface area contributed by atoms with E-state index in [0.717, 1.165) is 46.2 Å². The highest BCUT2D eigenvalue weighted by atomic mass is 16.5. The van der Waals surface area contributed by atoms with Crippen LogP contribution in [0.25, 0.3) is 22.0 Å². The molecule has 0 bridgehead atoms. The molecule has 0 saturated carbocycles. The maximum atomic E-state index is 12.8. The first-order valence-corrected chi connectivity index (χ1v) is 9.04. The van der Waals surface area contributed by atoms with Crippen molar-refractivity contribution in [2.24, 2.45) is 0 Å². The number of rotatable bonds is 5. The van der Waals surface area contributed by atoms with Crippen molar-refractivity contribution in [1.29, 1.82) is 0 Å². The van der Waals surface area contributed by atoms with Gasteiger partial charge in [-0.25, -0.2) is 0 Å². The van der Waals surface area contributed by atoms with Crippen molar-refractivity contribution in [3.05, 3.63) is 66.4 Å². The Kier molecular flexibility index (Phi) is 4.25. The van der Waals surface area contributed by atoms with Gasteiger partial charge in [-0.3, -0.25) is 4.79 Å². The molecule has 1 aromatic heterocycles. The summed E-state index contributed by atoms with van der Waals surface area (Å²) in [5.41, 5.74) is 4.54. The lowest BCUT2D eigenvalue weighted by Crippen LogP contribution is -2.26. The highest BCUT2D eigenvalue weighted by Gasteiger charge is 2.28. The molecule has 0 saturated heterocycles. The van der Waals surface area contributed by atoms with Crippen molar-refractivity contribution in [3.63, 3.8) is 0 Å². The van der Waals surface area contributed by atoms with Crippen molar-refractivity contribution in [3.8, 4) is 16.9 Å². The lowest BCUT2D eigenvalue weighted by atomic mass is 9.94. The van der Waals surface area contributed by atoms with E-state index in [-0.39, 0.29) is 11.9 Å². The summed E-state index contributed by atoms with van der Waals surface area (Å²) in [6, 6.07) is 13.8. The number of fused-ring (bicyclic) bond motifs is 5. The fourth-order valence-electron chi connectivity index (χ4n) is 3.52. The topological polar surface area (TPSA) is 54.1 Å². The number of carbonyl (C=O) groups is 1. The molecule has 132 valence electrons. The molecule has 4 rings (SSSR count). The standard InChI is InChI=1S/C22H22N2O2/c1-3-5-12-26-14-10-11-19-17(13-14)20-16-9-7-6-8-15(16)18(4-2)24-22(25)21(20)23-19/h4,6-11,13,18,23H,2-3,5,12H2,1H3,(H,24,25)/t18-/m1/s1. The summed E-state index contributed by atoms with van der Waals surface area (Å²) in [7, 11) is 0. The molecule has 0 unspecified atom stereocenters. The van der Waals surface area contributed by atoms with Gasteiger partial charge in [0, 0.05) is 16.5 Å². The van der Waals surface area contributed by atoms with E-state index >= 15 is 0 Å². The molecule has 4 nitrogen and oxygen atoms in total. The van der Waals surface area contributed by atoms with Crippen LogP contribution in [0.5, 0.6) is 5.75 Å². The Morgan fingerprint density at radius 2 is 2.08 bits per heavy atom. The van der Waals surface area contributed by atoms with Gasteiger partial charge < -0.3 is 15.0 Å². The largest absolute Gasteiger partial charge is 0.494 e. The van der Waals surface area contributed by atoms with E-state index in [0.29, 0.717) is 12.3 Å². The van der Waals surface area contributed by atoms with Crippen molar-refractivity contribution in [2.45, 2.75) is 25.8 Å². The van der Waals surface area contributed by atoms with E-state index in [9.17, 15) is 4.79 Å². The molecule has 2 heterocycles. The summed E-state index contributed by atoms with van der Waals surface area (Å²) >= 11 is 0. The fraction of sp³-hybridized carbons (Fsp3) is 0.227. The number of hydrogen-bond acceptors (Lipinski definition) is 2. The Balaban J connectivity index is 1.91. The van der Waals surface area contributed by atoms with Crippen LogP contribution >= 0.6 is 0 Å². The van der Waals surface area contributed by atoms with Crippen LogP contribution in [0.2, 0.25) is 0 Å². The average Bonchev–Trinajstić information content (AvgIpc) is 2.99. The highest BCUT2D eigenvalue weighted by molar-refractivity contribution is 6.11. The summed E-state index contributed by atoms with van der Waals surface area (Å²) in [4.78, 5) is 16.1. The average molecular weight is 346 g/mol. The number of ether oxygens (including phenoxy) is 1. The van der Waals surface area contributed by atoms with Gasteiger partial charge >= 0.3 is 0 Å². The predicted octanol–water partition coefficient (Wildman–Crippen LogP) is 4.98. The Bertz CT molecular complexity index is 987. The molecular weight excluding hydrogens is 324 g/mol. The van der Waals surface area contributed by atoms with E-state index in [4.69, 9.17) is 4.74 Å². The monoisotopic (exact) mass is 346 g/mol. The summed E-state index contributed by atoms with van der Waals surface area (Å²) in [6.45, 7) is 6.72. The Labute approximate surface area is 152 Å². The minimum atomic E-state index is -0.210. The van der Waals surface area contributed by atoms with Crippen LogP contribution in [-0.2, 0) is 0 Å². The van der Waals surface area contributed by atoms with E-state index in [1.165, 1.54) is 0 Å². The number of amides is 1. The maximum Gasteiger partial charge on any atom is 0.269 e. The molecule has 1 atom stereocenters. The van der Waals surface area contributed by atoms with Crippen molar-refractivity contribution in [1.82, 2.24) is 10.3 Å². The lowest BCUT2D eigenvalue weighted by molar-refractivity contribution is 0.0942. The van der Waals surface area contributed by atoms with Crippen molar-refractivity contribution in [2.75, 3.05) is 6.61 Å². The second kappa shape index (κ2) is 6.71. The molecule has 3 aromatic rings. The summed E-state index contributed by atoms with van der Waals surface area (Å²) < 4.78 is 5.87. The summed E-state index contributed by atoms with van der Waals surface area (Å²) in [6.07, 6.45) is 3.89. The summed E-state index contributed by atoms with van der Waals surface area (Å²) in [5.74, 6) is 0.709. The van der Waals surface area contributed by atoms with Crippen molar-refractivity contribution >= 4 is 16.8 Å². The lowest BCUT2D eigenvalue weighted by Gasteiger charge is -2.14. The minimum absolute atomic E-state index is 0.120. The molecule has 2 aromatic carbocycles. The van der Waals surface area contributed by atoms with Crippen molar-refractivity contribution < 1.29 is 9.53 Å².